The van der Waals surface area contributed by atoms with Gasteiger partial charge < -0.3 is 4.74 Å². The highest BCUT2D eigenvalue weighted by atomic mass is 79.9. The van der Waals surface area contributed by atoms with Crippen molar-refractivity contribution in [1.82, 2.24) is 0 Å². The molecule has 0 saturated carbocycles. The number of ether oxygens (including phenoxy) is 1. The van der Waals surface area contributed by atoms with Crippen molar-refractivity contribution in [3.05, 3.63) is 33.3 Å². The van der Waals surface area contributed by atoms with E-state index in [0.29, 0.717) is 0 Å². The van der Waals surface area contributed by atoms with Gasteiger partial charge in [0.1, 0.15) is 0 Å². The first-order valence-corrected chi connectivity index (χ1v) is 5.95. The molecular formula is C12H10BrF2NO2. The third-order valence-electron chi connectivity index (χ3n) is 2.25. The van der Waals surface area contributed by atoms with Gasteiger partial charge in [-0.3, -0.25) is 4.79 Å². The van der Waals surface area contributed by atoms with Crippen LogP contribution in [0.4, 0.5) is 8.78 Å². The van der Waals surface area contributed by atoms with Crippen LogP contribution in [0.3, 0.4) is 0 Å². The second kappa shape index (κ2) is 6.45. The Hall–Kier alpha value is -1.48. The van der Waals surface area contributed by atoms with Crippen LogP contribution in [0.15, 0.2) is 16.6 Å². The van der Waals surface area contributed by atoms with Crippen LogP contribution in [0.2, 0.25) is 0 Å². The van der Waals surface area contributed by atoms with Gasteiger partial charge in [0.15, 0.2) is 0 Å². The average molecular weight is 318 g/mol. The minimum absolute atomic E-state index is 0.154. The van der Waals surface area contributed by atoms with E-state index in [2.05, 4.69) is 15.9 Å². The third kappa shape index (κ3) is 3.26. The fraction of sp³-hybridized carbons (Fsp3) is 0.333. The molecule has 0 N–H and O–H groups in total. The highest BCUT2D eigenvalue weighted by Gasteiger charge is 2.21. The molecule has 1 aromatic carbocycles. The quantitative estimate of drug-likeness (QED) is 0.800. The van der Waals surface area contributed by atoms with E-state index in [1.165, 1.54) is 12.1 Å². The van der Waals surface area contributed by atoms with Crippen LogP contribution < -0.4 is 0 Å². The Labute approximate surface area is 111 Å². The summed E-state index contributed by atoms with van der Waals surface area (Å²) < 4.78 is 30.6. The van der Waals surface area contributed by atoms with E-state index >= 15 is 0 Å². The van der Waals surface area contributed by atoms with Gasteiger partial charge in [-0.15, -0.1) is 0 Å². The van der Waals surface area contributed by atoms with Crippen LogP contribution in [0.25, 0.3) is 0 Å². The van der Waals surface area contributed by atoms with Crippen molar-refractivity contribution < 1.29 is 18.3 Å². The molecule has 0 fully saturated rings. The number of carbonyl (C=O) groups is 1. The molecule has 0 spiro atoms. The summed E-state index contributed by atoms with van der Waals surface area (Å²) in [5.41, 5.74) is -0.318. The Bertz CT molecular complexity index is 498. The number of carbonyl (C=O) groups excluding carboxylic acids is 1. The van der Waals surface area contributed by atoms with E-state index in [9.17, 15) is 13.6 Å². The Morgan fingerprint density at radius 2 is 2.22 bits per heavy atom. The standard InChI is InChI=1S/C12H10BrF2NO2/c1-2-18-10(17)5-7-3-4-9(13)11(12(14)15)8(7)6-16/h3-4,12H,2,5H2,1H3. The second-order valence-electron chi connectivity index (χ2n) is 3.39. The lowest BCUT2D eigenvalue weighted by Crippen LogP contribution is -2.10. The lowest BCUT2D eigenvalue weighted by atomic mass is 10.00. The summed E-state index contributed by atoms with van der Waals surface area (Å²) in [5, 5.41) is 8.96. The molecule has 18 heavy (non-hydrogen) atoms. The van der Waals surface area contributed by atoms with Crippen molar-refractivity contribution in [1.29, 1.82) is 5.26 Å². The number of alkyl halides is 2. The van der Waals surface area contributed by atoms with Gasteiger partial charge in [-0.25, -0.2) is 8.78 Å². The lowest BCUT2D eigenvalue weighted by Gasteiger charge is -2.10. The minimum Gasteiger partial charge on any atom is -0.466 e. The molecule has 0 amide bonds. The topological polar surface area (TPSA) is 50.1 Å². The van der Waals surface area contributed by atoms with Crippen LogP contribution in [0, 0.1) is 11.3 Å². The predicted octanol–water partition coefficient (Wildman–Crippen LogP) is 3.36. The zero-order valence-corrected chi connectivity index (χ0v) is 11.1. The van der Waals surface area contributed by atoms with Gasteiger partial charge in [0.05, 0.1) is 24.7 Å². The molecule has 0 radical (unpaired) electrons. The second-order valence-corrected chi connectivity index (χ2v) is 4.24. The molecule has 1 aromatic rings. The van der Waals surface area contributed by atoms with E-state index in [-0.39, 0.29) is 34.2 Å². The Kier molecular flexibility index (Phi) is 5.23. The van der Waals surface area contributed by atoms with Crippen LogP contribution in [-0.4, -0.2) is 12.6 Å². The lowest BCUT2D eigenvalue weighted by molar-refractivity contribution is -0.142. The summed E-state index contributed by atoms with van der Waals surface area (Å²) in [5.74, 6) is -0.545. The summed E-state index contributed by atoms with van der Waals surface area (Å²) in [6.45, 7) is 1.86. The molecule has 0 bridgehead atoms. The van der Waals surface area contributed by atoms with E-state index < -0.39 is 12.4 Å². The molecule has 6 heteroatoms. The number of nitrogens with zero attached hydrogens (tertiary/aromatic N) is 1. The molecule has 0 heterocycles. The zero-order chi connectivity index (χ0) is 13.7. The predicted molar refractivity (Wildman–Crippen MR) is 64.2 cm³/mol. The molecule has 0 atom stereocenters. The normalized spacial score (nSPS) is 10.2. The number of nitriles is 1. The smallest absolute Gasteiger partial charge is 0.310 e. The van der Waals surface area contributed by atoms with E-state index in [1.807, 2.05) is 0 Å². The van der Waals surface area contributed by atoms with Crippen LogP contribution in [-0.2, 0) is 16.0 Å². The number of hydrogen-bond acceptors (Lipinski definition) is 3. The van der Waals surface area contributed by atoms with Crippen molar-refractivity contribution in [3.8, 4) is 6.07 Å². The first-order valence-electron chi connectivity index (χ1n) is 5.16. The summed E-state index contributed by atoms with van der Waals surface area (Å²) in [6.07, 6.45) is -2.97. The fourth-order valence-corrected chi connectivity index (χ4v) is 2.00. The number of hydrogen-bond donors (Lipinski definition) is 0. The highest BCUT2D eigenvalue weighted by molar-refractivity contribution is 9.10. The summed E-state index contributed by atoms with van der Waals surface area (Å²) in [6, 6.07) is 4.58. The Balaban J connectivity index is 3.18. The molecule has 0 aliphatic rings. The van der Waals surface area contributed by atoms with Crippen LogP contribution in [0.5, 0.6) is 0 Å². The number of halogens is 3. The molecule has 0 aliphatic heterocycles. The third-order valence-corrected chi connectivity index (χ3v) is 2.94. The van der Waals surface area contributed by atoms with Gasteiger partial charge in [-0.1, -0.05) is 22.0 Å². The molecule has 0 unspecified atom stereocenters. The first-order chi connectivity index (χ1) is 8.51. The number of esters is 1. The molecule has 1 rings (SSSR count). The number of rotatable bonds is 4. The molecule has 0 aliphatic carbocycles. The van der Waals surface area contributed by atoms with Crippen LogP contribution >= 0.6 is 15.9 Å². The molecule has 0 saturated heterocycles. The molecule has 96 valence electrons. The van der Waals surface area contributed by atoms with Gasteiger partial charge >= 0.3 is 5.97 Å². The van der Waals surface area contributed by atoms with Crippen molar-refractivity contribution >= 4 is 21.9 Å². The molecule has 0 aromatic heterocycles. The van der Waals surface area contributed by atoms with E-state index in [1.54, 1.807) is 13.0 Å². The largest absolute Gasteiger partial charge is 0.466 e. The highest BCUT2D eigenvalue weighted by Crippen LogP contribution is 2.32. The van der Waals surface area contributed by atoms with Crippen molar-refractivity contribution in [2.75, 3.05) is 6.61 Å². The van der Waals surface area contributed by atoms with Crippen molar-refractivity contribution in [3.63, 3.8) is 0 Å². The maximum atomic E-state index is 12.8. The van der Waals surface area contributed by atoms with Gasteiger partial charge in [-0.05, 0) is 18.6 Å². The van der Waals surface area contributed by atoms with Gasteiger partial charge in [0, 0.05) is 10.0 Å². The molecular weight excluding hydrogens is 308 g/mol. The SMILES string of the molecule is CCOC(=O)Cc1ccc(Br)c(C(F)F)c1C#N. The fourth-order valence-electron chi connectivity index (χ4n) is 1.50. The summed E-state index contributed by atoms with van der Waals surface area (Å²) in [4.78, 5) is 11.3. The van der Waals surface area contributed by atoms with Crippen LogP contribution in [0.1, 0.15) is 30.0 Å². The van der Waals surface area contributed by atoms with E-state index in [0.717, 1.165) is 0 Å². The van der Waals surface area contributed by atoms with E-state index in [4.69, 9.17) is 10.00 Å². The van der Waals surface area contributed by atoms with Gasteiger partial charge in [-0.2, -0.15) is 5.26 Å². The van der Waals surface area contributed by atoms with Crippen molar-refractivity contribution in [2.24, 2.45) is 0 Å². The maximum absolute atomic E-state index is 12.8. The zero-order valence-electron chi connectivity index (χ0n) is 9.54. The van der Waals surface area contributed by atoms with Gasteiger partial charge in [0.25, 0.3) is 6.43 Å². The first kappa shape index (κ1) is 14.6. The average Bonchev–Trinajstić information content (AvgIpc) is 2.30. The number of benzene rings is 1. The summed E-state index contributed by atoms with van der Waals surface area (Å²) >= 11 is 2.97. The Morgan fingerprint density at radius 1 is 1.56 bits per heavy atom. The van der Waals surface area contributed by atoms with Gasteiger partial charge in [0.2, 0.25) is 0 Å². The van der Waals surface area contributed by atoms with Crippen molar-refractivity contribution in [2.45, 2.75) is 19.8 Å². The maximum Gasteiger partial charge on any atom is 0.310 e. The Morgan fingerprint density at radius 3 is 2.72 bits per heavy atom. The molecule has 3 nitrogen and oxygen atoms in total. The summed E-state index contributed by atoms with van der Waals surface area (Å²) in [7, 11) is 0. The minimum atomic E-state index is -2.78. The monoisotopic (exact) mass is 317 g/mol.